The smallest absolute Gasteiger partial charge is 0.106 e. The van der Waals surface area contributed by atoms with Crippen molar-refractivity contribution in [1.82, 2.24) is 0 Å². The number of hydrogen-bond donors (Lipinski definition) is 0. The van der Waals surface area contributed by atoms with E-state index < -0.39 is 0 Å². The molecular formula is C29H67O2P3Ru. The quantitative estimate of drug-likeness (QED) is 0.110. The standard InChI is InChI=1S/3C9H21P.2CH2O.Ru/c3*1-4-7-10(8-5-2)9-6-3;2*1-2;/h3*4-9H2,1-3H3;2*1H2;. The van der Waals surface area contributed by atoms with Crippen molar-refractivity contribution in [2.24, 2.45) is 0 Å². The largest absolute Gasteiger partial charge is 0.307 e. The number of hydrogen-bond acceptors (Lipinski definition) is 2. The summed E-state index contributed by atoms with van der Waals surface area (Å²) in [7, 11) is 1.32. The Morgan fingerprint density at radius 2 is 0.400 bits per heavy atom. The molecule has 0 N–H and O–H groups in total. The summed E-state index contributed by atoms with van der Waals surface area (Å²) in [6, 6.07) is 0. The monoisotopic (exact) mass is 642 g/mol. The van der Waals surface area contributed by atoms with E-state index in [0.29, 0.717) is 23.8 Å². The van der Waals surface area contributed by atoms with E-state index in [9.17, 15) is 0 Å². The van der Waals surface area contributed by atoms with Crippen molar-refractivity contribution >= 4 is 37.3 Å². The second-order valence-electron chi connectivity index (χ2n) is 8.52. The summed E-state index contributed by atoms with van der Waals surface area (Å²) >= 11 is 0. The Bertz CT molecular complexity index is 226. The van der Waals surface area contributed by atoms with Gasteiger partial charge in [-0.25, -0.2) is 0 Å². The molecule has 0 spiro atoms. The molecule has 2 nitrogen and oxygen atoms in total. The zero-order valence-corrected chi connectivity index (χ0v) is 30.1. The average Bonchev–Trinajstić information content (AvgIpc) is 2.84. The Balaban J connectivity index is -0.0000000827. The molecule has 0 bridgehead atoms. The third kappa shape index (κ3) is 48.8. The van der Waals surface area contributed by atoms with Crippen LogP contribution >= 0.6 is 23.8 Å². The third-order valence-corrected chi connectivity index (χ3v) is 14.6. The van der Waals surface area contributed by atoms with Crippen LogP contribution in [0.25, 0.3) is 0 Å². The predicted octanol–water partition coefficient (Wildman–Crippen LogP) is 10.7. The number of carbonyl (C=O) groups is 2. The summed E-state index contributed by atoms with van der Waals surface area (Å²) in [6.45, 7) is 24.8. The van der Waals surface area contributed by atoms with Crippen LogP contribution in [0.3, 0.4) is 0 Å². The minimum Gasteiger partial charge on any atom is -0.307 e. The molecule has 0 aromatic heterocycles. The molecule has 0 amide bonds. The van der Waals surface area contributed by atoms with Crippen molar-refractivity contribution in [2.75, 3.05) is 55.5 Å². The fourth-order valence-corrected chi connectivity index (χ4v) is 11.6. The van der Waals surface area contributed by atoms with Gasteiger partial charge in [-0.05, 0) is 55.5 Å². The molecule has 0 aliphatic rings. The van der Waals surface area contributed by atoms with Crippen molar-refractivity contribution < 1.29 is 29.1 Å². The summed E-state index contributed by atoms with van der Waals surface area (Å²) in [4.78, 5) is 16.0. The van der Waals surface area contributed by atoms with Crippen LogP contribution in [-0.4, -0.2) is 69.0 Å². The van der Waals surface area contributed by atoms with Crippen LogP contribution in [0.5, 0.6) is 0 Å². The summed E-state index contributed by atoms with van der Waals surface area (Å²) in [5.41, 5.74) is 0. The van der Waals surface area contributed by atoms with Gasteiger partial charge in [0, 0.05) is 19.5 Å². The van der Waals surface area contributed by atoms with E-state index in [2.05, 4.69) is 62.3 Å². The molecule has 0 aliphatic carbocycles. The first-order chi connectivity index (χ1) is 16.5. The Kier molecular flexibility index (Phi) is 72.9. The van der Waals surface area contributed by atoms with E-state index >= 15 is 0 Å². The fourth-order valence-electron chi connectivity index (χ4n) is 3.85. The van der Waals surface area contributed by atoms with Crippen LogP contribution in [0.4, 0.5) is 0 Å². The molecular weight excluding hydrogens is 574 g/mol. The topological polar surface area (TPSA) is 34.1 Å². The first-order valence-corrected chi connectivity index (χ1v) is 20.0. The van der Waals surface area contributed by atoms with E-state index in [-0.39, 0.29) is 19.5 Å². The predicted molar refractivity (Wildman–Crippen MR) is 171 cm³/mol. The molecule has 35 heavy (non-hydrogen) atoms. The van der Waals surface area contributed by atoms with Gasteiger partial charge in [0.2, 0.25) is 0 Å². The van der Waals surface area contributed by atoms with Crippen LogP contribution in [0, 0.1) is 0 Å². The van der Waals surface area contributed by atoms with E-state index in [1.54, 1.807) is 0 Å². The molecule has 0 rings (SSSR count). The van der Waals surface area contributed by atoms with E-state index in [0.717, 1.165) is 0 Å². The Labute approximate surface area is 241 Å². The molecule has 218 valence electrons. The summed E-state index contributed by atoms with van der Waals surface area (Å²) < 4.78 is 0. The summed E-state index contributed by atoms with van der Waals surface area (Å²) in [5, 5.41) is 0. The zero-order valence-electron chi connectivity index (χ0n) is 25.7. The van der Waals surface area contributed by atoms with Crippen LogP contribution in [0.1, 0.15) is 120 Å². The van der Waals surface area contributed by atoms with Crippen molar-refractivity contribution in [3.8, 4) is 0 Å². The van der Waals surface area contributed by atoms with Gasteiger partial charge in [-0.1, -0.05) is 120 Å². The molecule has 0 radical (unpaired) electrons. The van der Waals surface area contributed by atoms with Crippen molar-refractivity contribution in [3.05, 3.63) is 0 Å². The van der Waals surface area contributed by atoms with E-state index in [1.165, 1.54) is 113 Å². The fraction of sp³-hybridized carbons (Fsp3) is 0.931. The van der Waals surface area contributed by atoms with Crippen LogP contribution in [0.15, 0.2) is 0 Å². The first kappa shape index (κ1) is 49.2. The van der Waals surface area contributed by atoms with Gasteiger partial charge in [0.05, 0.1) is 0 Å². The molecule has 0 heterocycles. The zero-order chi connectivity index (χ0) is 27.5. The van der Waals surface area contributed by atoms with Crippen molar-refractivity contribution in [1.29, 1.82) is 0 Å². The third-order valence-electron chi connectivity index (χ3n) is 4.86. The maximum Gasteiger partial charge on any atom is 0.106 e. The van der Waals surface area contributed by atoms with E-state index in [4.69, 9.17) is 9.59 Å². The van der Waals surface area contributed by atoms with E-state index in [1.807, 2.05) is 13.6 Å². The molecule has 0 atom stereocenters. The molecule has 0 saturated carbocycles. The molecule has 0 unspecified atom stereocenters. The second-order valence-corrected chi connectivity index (χ2v) is 16.6. The van der Waals surface area contributed by atoms with Gasteiger partial charge in [0.1, 0.15) is 13.6 Å². The van der Waals surface area contributed by atoms with Crippen LogP contribution < -0.4 is 0 Å². The normalized spacial score (nSPS) is 9.49. The van der Waals surface area contributed by atoms with Crippen LogP contribution in [0.2, 0.25) is 0 Å². The van der Waals surface area contributed by atoms with Gasteiger partial charge < -0.3 is 9.59 Å². The molecule has 0 aromatic rings. The Hall–Kier alpha value is 1.25. The Morgan fingerprint density at radius 1 is 0.314 bits per heavy atom. The average molecular weight is 642 g/mol. The van der Waals surface area contributed by atoms with Gasteiger partial charge in [-0.2, -0.15) is 0 Å². The van der Waals surface area contributed by atoms with Gasteiger partial charge in [0.25, 0.3) is 0 Å². The molecule has 0 aliphatic heterocycles. The van der Waals surface area contributed by atoms with Crippen molar-refractivity contribution in [3.63, 3.8) is 0 Å². The minimum atomic E-state index is 0. The summed E-state index contributed by atoms with van der Waals surface area (Å²) in [6.07, 6.45) is 26.1. The Morgan fingerprint density at radius 3 is 0.457 bits per heavy atom. The van der Waals surface area contributed by atoms with Gasteiger partial charge in [-0.3, -0.25) is 0 Å². The summed E-state index contributed by atoms with van der Waals surface area (Å²) in [5.74, 6) is 0. The maximum absolute atomic E-state index is 8.00. The molecule has 0 saturated heterocycles. The van der Waals surface area contributed by atoms with Gasteiger partial charge >= 0.3 is 0 Å². The van der Waals surface area contributed by atoms with Gasteiger partial charge in [-0.15, -0.1) is 23.8 Å². The van der Waals surface area contributed by atoms with Crippen LogP contribution in [-0.2, 0) is 29.1 Å². The SMILES string of the molecule is C=O.C=O.CCCP(CCC)CCC.CCCP(CCC)CCC.CCCP(CCC)CCC.[Ru]. The molecule has 0 aromatic carbocycles. The molecule has 6 heteroatoms. The first-order valence-electron chi connectivity index (χ1n) is 14.3. The number of carbonyl (C=O) groups excluding carboxylic acids is 2. The van der Waals surface area contributed by atoms with Gasteiger partial charge in [0.15, 0.2) is 0 Å². The minimum absolute atomic E-state index is 0. The second kappa shape index (κ2) is 51.8. The van der Waals surface area contributed by atoms with Crippen molar-refractivity contribution in [2.45, 2.75) is 120 Å². The maximum atomic E-state index is 8.00. The number of rotatable bonds is 18. The molecule has 0 fully saturated rings.